The molecule has 0 aliphatic heterocycles. The summed E-state index contributed by atoms with van der Waals surface area (Å²) >= 11 is 0. The predicted octanol–water partition coefficient (Wildman–Crippen LogP) is 0.850. The first kappa shape index (κ1) is 12.2. The molecule has 4 nitrogen and oxygen atoms in total. The van der Waals surface area contributed by atoms with Crippen LogP contribution in [0.15, 0.2) is 12.3 Å². The molecule has 0 aliphatic carbocycles. The van der Waals surface area contributed by atoms with Crippen molar-refractivity contribution in [2.45, 2.75) is 25.9 Å². The third kappa shape index (κ3) is 3.32. The van der Waals surface area contributed by atoms with Gasteiger partial charge in [0.1, 0.15) is 0 Å². The minimum Gasteiger partial charge on any atom is -0.309 e. The van der Waals surface area contributed by atoms with E-state index in [-0.39, 0.29) is 5.54 Å². The summed E-state index contributed by atoms with van der Waals surface area (Å²) < 4.78 is 1.90. The Morgan fingerprint density at radius 1 is 1.47 bits per heavy atom. The maximum absolute atomic E-state index is 4.13. The Hall–Kier alpha value is -0.870. The van der Waals surface area contributed by atoms with Gasteiger partial charge in [-0.2, -0.15) is 5.10 Å². The Morgan fingerprint density at radius 3 is 2.60 bits per heavy atom. The molecule has 1 N–H and O–H groups in total. The molecular weight excluding hydrogens is 188 g/mol. The number of hydrogen-bond acceptors (Lipinski definition) is 3. The molecule has 0 fully saturated rings. The first-order chi connectivity index (χ1) is 6.93. The summed E-state index contributed by atoms with van der Waals surface area (Å²) in [5.41, 5.74) is 1.39. The van der Waals surface area contributed by atoms with E-state index in [2.05, 4.69) is 43.3 Å². The van der Waals surface area contributed by atoms with Gasteiger partial charge >= 0.3 is 0 Å². The molecule has 0 saturated heterocycles. The van der Waals surface area contributed by atoms with Crippen LogP contribution in [0.4, 0.5) is 0 Å². The van der Waals surface area contributed by atoms with Crippen molar-refractivity contribution in [1.82, 2.24) is 20.0 Å². The second-order valence-electron chi connectivity index (χ2n) is 4.76. The van der Waals surface area contributed by atoms with Crippen molar-refractivity contribution in [3.05, 3.63) is 18.0 Å². The number of likely N-dealkylation sites (N-methyl/N-ethyl adjacent to an activating group) is 1. The van der Waals surface area contributed by atoms with E-state index in [0.29, 0.717) is 0 Å². The Kier molecular flexibility index (Phi) is 3.88. The Bertz CT molecular complexity index is 301. The van der Waals surface area contributed by atoms with Crippen LogP contribution in [0.25, 0.3) is 0 Å². The maximum Gasteiger partial charge on any atom is 0.0518 e. The Balaban J connectivity index is 2.37. The van der Waals surface area contributed by atoms with Crippen molar-refractivity contribution >= 4 is 0 Å². The van der Waals surface area contributed by atoms with E-state index in [4.69, 9.17) is 0 Å². The van der Waals surface area contributed by atoms with Gasteiger partial charge < -0.3 is 10.2 Å². The third-order valence-corrected chi connectivity index (χ3v) is 3.00. The fourth-order valence-electron chi connectivity index (χ4n) is 1.23. The molecule has 1 aromatic rings. The quantitative estimate of drug-likeness (QED) is 0.782. The van der Waals surface area contributed by atoms with Gasteiger partial charge in [-0.1, -0.05) is 0 Å². The van der Waals surface area contributed by atoms with E-state index in [0.717, 1.165) is 13.1 Å². The van der Waals surface area contributed by atoms with Gasteiger partial charge in [0.05, 0.1) is 5.69 Å². The number of nitrogens with zero attached hydrogens (tertiary/aromatic N) is 3. The standard InChI is InChI=1S/C11H22N4/c1-11(2,14(3)4)9-12-8-10-6-7-13-15(10)5/h6-7,12H,8-9H2,1-5H3. The fraction of sp³-hybridized carbons (Fsp3) is 0.727. The molecule has 0 bridgehead atoms. The number of aromatic nitrogens is 2. The highest BCUT2D eigenvalue weighted by Crippen LogP contribution is 2.08. The lowest BCUT2D eigenvalue weighted by atomic mass is 10.0. The molecule has 0 aliphatic rings. The summed E-state index contributed by atoms with van der Waals surface area (Å²) in [6.45, 7) is 6.28. The van der Waals surface area contributed by atoms with Gasteiger partial charge in [-0.15, -0.1) is 0 Å². The molecule has 0 atom stereocenters. The summed E-state index contributed by atoms with van der Waals surface area (Å²) in [4.78, 5) is 2.23. The van der Waals surface area contributed by atoms with Crippen molar-refractivity contribution in [3.8, 4) is 0 Å². The normalized spacial score (nSPS) is 12.4. The van der Waals surface area contributed by atoms with Crippen LogP contribution in [0, 0.1) is 0 Å². The topological polar surface area (TPSA) is 33.1 Å². The molecule has 4 heteroatoms. The van der Waals surface area contributed by atoms with Crippen LogP contribution in [0.1, 0.15) is 19.5 Å². The van der Waals surface area contributed by atoms with E-state index in [9.17, 15) is 0 Å². The lowest BCUT2D eigenvalue weighted by molar-refractivity contribution is 0.189. The van der Waals surface area contributed by atoms with Crippen molar-refractivity contribution in [3.63, 3.8) is 0 Å². The molecule has 86 valence electrons. The summed E-state index contributed by atoms with van der Waals surface area (Å²) in [6, 6.07) is 2.04. The number of hydrogen-bond donors (Lipinski definition) is 1. The lowest BCUT2D eigenvalue weighted by Crippen LogP contribution is -2.46. The summed E-state index contributed by atoms with van der Waals surface area (Å²) in [5, 5.41) is 7.58. The average molecular weight is 210 g/mol. The third-order valence-electron chi connectivity index (χ3n) is 3.00. The maximum atomic E-state index is 4.13. The molecule has 15 heavy (non-hydrogen) atoms. The van der Waals surface area contributed by atoms with Crippen molar-refractivity contribution in [2.75, 3.05) is 20.6 Å². The monoisotopic (exact) mass is 210 g/mol. The highest BCUT2D eigenvalue weighted by atomic mass is 15.3. The zero-order valence-corrected chi connectivity index (χ0v) is 10.4. The fourth-order valence-corrected chi connectivity index (χ4v) is 1.23. The van der Waals surface area contributed by atoms with Gasteiger partial charge in [0, 0.05) is 31.9 Å². The Labute approximate surface area is 92.3 Å². The SMILES string of the molecule is CN(C)C(C)(C)CNCc1ccnn1C. The van der Waals surface area contributed by atoms with E-state index >= 15 is 0 Å². The van der Waals surface area contributed by atoms with Crippen LogP contribution in [-0.4, -0.2) is 40.9 Å². The van der Waals surface area contributed by atoms with Crippen LogP contribution in [0.2, 0.25) is 0 Å². The van der Waals surface area contributed by atoms with Crippen LogP contribution >= 0.6 is 0 Å². The smallest absolute Gasteiger partial charge is 0.0518 e. The first-order valence-corrected chi connectivity index (χ1v) is 5.28. The van der Waals surface area contributed by atoms with Gasteiger partial charge in [-0.3, -0.25) is 4.68 Å². The highest BCUT2D eigenvalue weighted by molar-refractivity contribution is 4.99. The number of nitrogens with one attached hydrogen (secondary N) is 1. The van der Waals surface area contributed by atoms with Crippen LogP contribution in [0.3, 0.4) is 0 Å². The van der Waals surface area contributed by atoms with E-state index in [1.165, 1.54) is 5.69 Å². The molecule has 1 rings (SSSR count). The number of aryl methyl sites for hydroxylation is 1. The van der Waals surface area contributed by atoms with Crippen molar-refractivity contribution in [2.24, 2.45) is 7.05 Å². The van der Waals surface area contributed by atoms with Crippen LogP contribution in [-0.2, 0) is 13.6 Å². The van der Waals surface area contributed by atoms with E-state index < -0.39 is 0 Å². The number of rotatable bonds is 5. The lowest BCUT2D eigenvalue weighted by Gasteiger charge is -2.32. The molecule has 1 heterocycles. The second kappa shape index (κ2) is 4.77. The van der Waals surface area contributed by atoms with Crippen LogP contribution < -0.4 is 5.32 Å². The molecule has 1 aromatic heterocycles. The highest BCUT2D eigenvalue weighted by Gasteiger charge is 2.19. The van der Waals surface area contributed by atoms with Gasteiger partial charge in [-0.25, -0.2) is 0 Å². The van der Waals surface area contributed by atoms with Crippen molar-refractivity contribution < 1.29 is 0 Å². The van der Waals surface area contributed by atoms with Gasteiger partial charge in [0.15, 0.2) is 0 Å². The van der Waals surface area contributed by atoms with Gasteiger partial charge in [-0.05, 0) is 34.0 Å². The molecule has 0 saturated carbocycles. The van der Waals surface area contributed by atoms with E-state index in [1.807, 2.05) is 24.0 Å². The largest absolute Gasteiger partial charge is 0.309 e. The van der Waals surface area contributed by atoms with Crippen molar-refractivity contribution in [1.29, 1.82) is 0 Å². The average Bonchev–Trinajstić information content (AvgIpc) is 2.51. The first-order valence-electron chi connectivity index (χ1n) is 5.28. The Morgan fingerprint density at radius 2 is 2.13 bits per heavy atom. The minimum absolute atomic E-state index is 0.179. The second-order valence-corrected chi connectivity index (χ2v) is 4.76. The molecule has 0 unspecified atom stereocenters. The molecule has 0 spiro atoms. The molecule has 0 radical (unpaired) electrons. The zero-order valence-electron chi connectivity index (χ0n) is 10.4. The summed E-state index contributed by atoms with van der Waals surface area (Å²) in [7, 11) is 6.17. The summed E-state index contributed by atoms with van der Waals surface area (Å²) in [6.07, 6.45) is 1.83. The molecule has 0 amide bonds. The summed E-state index contributed by atoms with van der Waals surface area (Å²) in [5.74, 6) is 0. The minimum atomic E-state index is 0.179. The van der Waals surface area contributed by atoms with Gasteiger partial charge in [0.25, 0.3) is 0 Å². The zero-order chi connectivity index (χ0) is 11.5. The predicted molar refractivity (Wildman–Crippen MR) is 62.7 cm³/mol. The van der Waals surface area contributed by atoms with Crippen LogP contribution in [0.5, 0.6) is 0 Å². The van der Waals surface area contributed by atoms with E-state index in [1.54, 1.807) is 0 Å². The molecule has 0 aromatic carbocycles. The molecular formula is C11H22N4. The van der Waals surface area contributed by atoms with Gasteiger partial charge in [0.2, 0.25) is 0 Å².